The Labute approximate surface area is 148 Å². The van der Waals surface area contributed by atoms with E-state index >= 15 is 0 Å². The Bertz CT molecular complexity index is 698. The van der Waals surface area contributed by atoms with Crippen molar-refractivity contribution in [2.24, 2.45) is 0 Å². The number of aliphatic carboxylic acids is 1. The van der Waals surface area contributed by atoms with Gasteiger partial charge in [-0.3, -0.25) is 15.0 Å². The minimum atomic E-state index is -3.99. The van der Waals surface area contributed by atoms with Crippen LogP contribution in [-0.2, 0) is 15.5 Å². The highest BCUT2D eigenvalue weighted by molar-refractivity contribution is 5.86. The molecule has 0 aliphatic carbocycles. The van der Waals surface area contributed by atoms with Gasteiger partial charge in [-0.2, -0.15) is 8.78 Å². The van der Waals surface area contributed by atoms with Crippen LogP contribution in [0.5, 0.6) is 17.2 Å². The number of hydrogen-bond donors (Lipinski definition) is 2. The van der Waals surface area contributed by atoms with E-state index in [1.807, 2.05) is 5.43 Å². The summed E-state index contributed by atoms with van der Waals surface area (Å²) in [6, 6.07) is 1.19. The fourth-order valence-corrected chi connectivity index (χ4v) is 2.83. The lowest BCUT2D eigenvalue weighted by Crippen LogP contribution is -2.52. The molecule has 1 aromatic carbocycles. The molecule has 1 atom stereocenters. The molecule has 26 heavy (non-hydrogen) atoms. The number of rotatable bonds is 7. The predicted molar refractivity (Wildman–Crippen MR) is 85.5 cm³/mol. The third-order valence-corrected chi connectivity index (χ3v) is 4.11. The van der Waals surface area contributed by atoms with E-state index < -0.39 is 29.4 Å². The molecular formula is C16H20F2N2O6. The van der Waals surface area contributed by atoms with Crippen molar-refractivity contribution in [1.82, 2.24) is 10.4 Å². The number of nitrogens with one attached hydrogen (secondary N) is 1. The highest BCUT2D eigenvalue weighted by atomic mass is 19.3. The van der Waals surface area contributed by atoms with Gasteiger partial charge in [-0.25, -0.2) is 5.01 Å². The number of carboxylic acids is 1. The Hall–Kier alpha value is -2.62. The maximum absolute atomic E-state index is 14.8. The van der Waals surface area contributed by atoms with Crippen LogP contribution >= 0.6 is 0 Å². The van der Waals surface area contributed by atoms with E-state index in [4.69, 9.17) is 19.3 Å². The highest BCUT2D eigenvalue weighted by Gasteiger charge is 2.46. The Balaban J connectivity index is 2.34. The number of halogens is 2. The minimum Gasteiger partial charge on any atom is -0.493 e. The molecule has 0 spiro atoms. The molecule has 0 bridgehead atoms. The van der Waals surface area contributed by atoms with Gasteiger partial charge in [-0.1, -0.05) is 0 Å². The van der Waals surface area contributed by atoms with E-state index in [1.165, 1.54) is 20.3 Å². The fraction of sp³-hybridized carbons (Fsp3) is 0.500. The lowest BCUT2D eigenvalue weighted by Gasteiger charge is -2.26. The summed E-state index contributed by atoms with van der Waals surface area (Å²) in [5.41, 5.74) is 1.28. The average Bonchev–Trinajstić information content (AvgIpc) is 3.08. The second-order valence-corrected chi connectivity index (χ2v) is 5.59. The van der Waals surface area contributed by atoms with Crippen LogP contribution in [0.4, 0.5) is 8.78 Å². The van der Waals surface area contributed by atoms with Crippen LogP contribution in [0.15, 0.2) is 12.1 Å². The van der Waals surface area contributed by atoms with Crippen LogP contribution in [0.1, 0.15) is 18.4 Å². The summed E-state index contributed by atoms with van der Waals surface area (Å²) in [4.78, 5) is 23.3. The normalized spacial score (nSPS) is 17.7. The molecule has 1 aliphatic heterocycles. The van der Waals surface area contributed by atoms with Gasteiger partial charge in [0, 0.05) is 6.54 Å². The topological polar surface area (TPSA) is 97.3 Å². The number of amides is 1. The summed E-state index contributed by atoms with van der Waals surface area (Å²) in [5.74, 6) is -7.09. The Morgan fingerprint density at radius 2 is 1.85 bits per heavy atom. The van der Waals surface area contributed by atoms with Crippen molar-refractivity contribution in [2.45, 2.75) is 24.8 Å². The molecule has 1 aliphatic rings. The van der Waals surface area contributed by atoms with Gasteiger partial charge in [0.15, 0.2) is 11.5 Å². The zero-order valence-corrected chi connectivity index (χ0v) is 14.5. The summed E-state index contributed by atoms with van der Waals surface area (Å²) < 4.78 is 44.6. The van der Waals surface area contributed by atoms with Crippen molar-refractivity contribution in [3.8, 4) is 17.2 Å². The molecule has 1 aromatic rings. The van der Waals surface area contributed by atoms with Gasteiger partial charge in [0.2, 0.25) is 5.75 Å². The van der Waals surface area contributed by atoms with Crippen LogP contribution in [0.25, 0.3) is 0 Å². The lowest BCUT2D eigenvalue weighted by molar-refractivity contribution is -0.156. The molecule has 2 rings (SSSR count). The molecule has 0 radical (unpaired) electrons. The van der Waals surface area contributed by atoms with E-state index in [1.54, 1.807) is 0 Å². The maximum atomic E-state index is 14.8. The van der Waals surface area contributed by atoms with Crippen molar-refractivity contribution in [1.29, 1.82) is 0 Å². The quantitative estimate of drug-likeness (QED) is 0.744. The zero-order chi connectivity index (χ0) is 19.5. The van der Waals surface area contributed by atoms with Crippen LogP contribution in [0.2, 0.25) is 0 Å². The van der Waals surface area contributed by atoms with E-state index in [9.17, 15) is 18.4 Å². The summed E-state index contributed by atoms with van der Waals surface area (Å²) in [6.45, 7) is 0.169. The highest BCUT2D eigenvalue weighted by Crippen LogP contribution is 2.45. The largest absolute Gasteiger partial charge is 0.493 e. The van der Waals surface area contributed by atoms with Crippen molar-refractivity contribution in [3.63, 3.8) is 0 Å². The molecule has 1 heterocycles. The first-order valence-electron chi connectivity index (χ1n) is 7.75. The lowest BCUT2D eigenvalue weighted by atomic mass is 10.1. The number of hydrogen-bond acceptors (Lipinski definition) is 6. The van der Waals surface area contributed by atoms with Crippen molar-refractivity contribution in [2.75, 3.05) is 27.9 Å². The van der Waals surface area contributed by atoms with Crippen LogP contribution in [0.3, 0.4) is 0 Å². The molecule has 1 saturated heterocycles. The van der Waals surface area contributed by atoms with E-state index in [0.29, 0.717) is 6.42 Å². The number of carboxylic acid groups (broad SMARTS) is 1. The van der Waals surface area contributed by atoms with Crippen molar-refractivity contribution in [3.05, 3.63) is 17.7 Å². The van der Waals surface area contributed by atoms with E-state index in [2.05, 4.69) is 0 Å². The number of carbonyl (C=O) groups is 2. The SMILES string of the molecule is COc1ccc(C(F)(F)C(=O)NN2CCC[C@H]2C(=O)O)c(OC)c1OC. The van der Waals surface area contributed by atoms with Crippen molar-refractivity contribution >= 4 is 11.9 Å². The van der Waals surface area contributed by atoms with E-state index in [0.717, 1.165) is 18.2 Å². The van der Waals surface area contributed by atoms with E-state index in [-0.39, 0.29) is 30.2 Å². The summed E-state index contributed by atoms with van der Waals surface area (Å²) >= 11 is 0. The molecule has 1 amide bonds. The van der Waals surface area contributed by atoms with Crippen LogP contribution in [0, 0.1) is 0 Å². The Morgan fingerprint density at radius 1 is 1.19 bits per heavy atom. The second kappa shape index (κ2) is 7.73. The zero-order valence-electron chi connectivity index (χ0n) is 14.5. The first kappa shape index (κ1) is 19.7. The number of ether oxygens (including phenoxy) is 3. The van der Waals surface area contributed by atoms with Gasteiger partial charge >= 0.3 is 17.8 Å². The Kier molecular flexibility index (Phi) is 5.86. The van der Waals surface area contributed by atoms with Crippen molar-refractivity contribution < 1.29 is 37.7 Å². The molecule has 0 aromatic heterocycles. The van der Waals surface area contributed by atoms with Gasteiger partial charge < -0.3 is 19.3 Å². The molecular weight excluding hydrogens is 354 g/mol. The third-order valence-electron chi connectivity index (χ3n) is 4.11. The number of hydrazine groups is 1. The number of alkyl halides is 2. The third kappa shape index (κ3) is 3.50. The molecule has 1 fully saturated rings. The molecule has 0 saturated carbocycles. The standard InChI is InChI=1S/C16H20F2N2O6/c1-24-11-7-6-9(12(25-2)13(11)26-3)16(17,18)15(23)19-20-8-4-5-10(20)14(21)22/h6-7,10H,4-5,8H2,1-3H3,(H,19,23)(H,21,22)/t10-/m0/s1. The first-order valence-corrected chi connectivity index (χ1v) is 7.75. The number of nitrogens with zero attached hydrogens (tertiary/aromatic N) is 1. The number of methoxy groups -OCH3 is 3. The summed E-state index contributed by atoms with van der Waals surface area (Å²) in [7, 11) is 3.75. The van der Waals surface area contributed by atoms with Gasteiger partial charge in [0.1, 0.15) is 6.04 Å². The molecule has 2 N–H and O–H groups in total. The Morgan fingerprint density at radius 3 is 2.38 bits per heavy atom. The monoisotopic (exact) mass is 374 g/mol. The van der Waals surface area contributed by atoms with Gasteiger partial charge in [-0.05, 0) is 25.0 Å². The molecule has 8 nitrogen and oxygen atoms in total. The predicted octanol–water partition coefficient (Wildman–Crippen LogP) is 1.38. The summed E-state index contributed by atoms with van der Waals surface area (Å²) in [5, 5.41) is 10.1. The van der Waals surface area contributed by atoms with Gasteiger partial charge in [0.05, 0.1) is 26.9 Å². The first-order chi connectivity index (χ1) is 12.3. The van der Waals surface area contributed by atoms with Crippen LogP contribution in [-0.4, -0.2) is 55.9 Å². The number of carbonyl (C=O) groups excluding carboxylic acids is 1. The van der Waals surface area contributed by atoms with Gasteiger partial charge in [0.25, 0.3) is 0 Å². The minimum absolute atomic E-state index is 0.0791. The second-order valence-electron chi connectivity index (χ2n) is 5.59. The summed E-state index contributed by atoms with van der Waals surface area (Å²) in [6.07, 6.45) is 0.739. The smallest absolute Gasteiger partial charge is 0.354 e. The maximum Gasteiger partial charge on any atom is 0.354 e. The van der Waals surface area contributed by atoms with Crippen LogP contribution < -0.4 is 19.6 Å². The molecule has 144 valence electrons. The van der Waals surface area contributed by atoms with Gasteiger partial charge in [-0.15, -0.1) is 0 Å². The fourth-order valence-electron chi connectivity index (χ4n) is 2.83. The number of benzene rings is 1. The molecule has 10 heteroatoms. The molecule has 0 unspecified atom stereocenters. The average molecular weight is 374 g/mol.